The first kappa shape index (κ1) is 21.3. The van der Waals surface area contributed by atoms with Gasteiger partial charge in [0, 0.05) is 29.7 Å². The van der Waals surface area contributed by atoms with Gasteiger partial charge in [0.25, 0.3) is 0 Å². The van der Waals surface area contributed by atoms with Crippen LogP contribution in [0.1, 0.15) is 11.3 Å². The molecule has 6 nitrogen and oxygen atoms in total. The highest BCUT2D eigenvalue weighted by Crippen LogP contribution is 2.33. The molecule has 0 atom stereocenters. The number of methoxy groups -OCH3 is 1. The Bertz CT molecular complexity index is 1210. The number of ether oxygens (including phenoxy) is 2. The molecule has 0 amide bonds. The molecule has 4 rings (SSSR count). The summed E-state index contributed by atoms with van der Waals surface area (Å²) in [6.07, 6.45) is -0.597. The van der Waals surface area contributed by atoms with E-state index in [1.165, 1.54) is 25.4 Å². The van der Waals surface area contributed by atoms with Gasteiger partial charge in [-0.1, -0.05) is 0 Å². The number of hydrogen-bond donors (Lipinski definition) is 1. The predicted octanol–water partition coefficient (Wildman–Crippen LogP) is 5.28. The van der Waals surface area contributed by atoms with E-state index in [1.54, 1.807) is 30.5 Å². The second-order valence-corrected chi connectivity index (χ2v) is 6.69. The van der Waals surface area contributed by atoms with E-state index in [0.29, 0.717) is 34.3 Å². The van der Waals surface area contributed by atoms with Crippen molar-refractivity contribution in [1.82, 2.24) is 19.9 Å². The van der Waals surface area contributed by atoms with Crippen molar-refractivity contribution < 1.29 is 27.0 Å². The van der Waals surface area contributed by atoms with Crippen molar-refractivity contribution in [3.05, 3.63) is 78.3 Å². The lowest BCUT2D eigenvalue weighted by Gasteiger charge is -2.12. The van der Waals surface area contributed by atoms with Crippen LogP contribution in [0.5, 0.6) is 11.5 Å². The molecule has 0 saturated carbocycles. The molecule has 0 saturated heterocycles. The number of aromatic nitrogens is 4. The van der Waals surface area contributed by atoms with Gasteiger partial charge in [-0.25, -0.2) is 9.97 Å². The maximum Gasteiger partial charge on any atom is 0.417 e. The van der Waals surface area contributed by atoms with Crippen LogP contribution in [0.2, 0.25) is 0 Å². The zero-order chi connectivity index (χ0) is 22.7. The fourth-order valence-electron chi connectivity index (χ4n) is 2.91. The van der Waals surface area contributed by atoms with Crippen molar-refractivity contribution in [2.45, 2.75) is 12.8 Å². The molecular weight excluding hydrogens is 428 g/mol. The van der Waals surface area contributed by atoms with Crippen LogP contribution in [0.3, 0.4) is 0 Å². The molecule has 0 aliphatic carbocycles. The topological polar surface area (TPSA) is 72.9 Å². The zero-order valence-electron chi connectivity index (χ0n) is 16.7. The molecule has 0 aliphatic heterocycles. The van der Waals surface area contributed by atoms with Gasteiger partial charge in [-0.05, 0) is 42.5 Å². The Morgan fingerprint density at radius 1 is 0.938 bits per heavy atom. The average molecular weight is 444 g/mol. The van der Waals surface area contributed by atoms with Gasteiger partial charge in [0.1, 0.15) is 12.4 Å². The van der Waals surface area contributed by atoms with Crippen LogP contribution < -0.4 is 9.47 Å². The van der Waals surface area contributed by atoms with Gasteiger partial charge in [-0.15, -0.1) is 0 Å². The lowest BCUT2D eigenvalue weighted by atomic mass is 10.1. The van der Waals surface area contributed by atoms with E-state index in [4.69, 9.17) is 9.47 Å². The number of H-pyrrole nitrogens is 1. The monoisotopic (exact) mass is 444 g/mol. The average Bonchev–Trinajstić information content (AvgIpc) is 3.28. The van der Waals surface area contributed by atoms with E-state index in [2.05, 4.69) is 19.9 Å². The largest absolute Gasteiger partial charge is 0.493 e. The summed E-state index contributed by atoms with van der Waals surface area (Å²) in [5, 5.41) is 0. The summed E-state index contributed by atoms with van der Waals surface area (Å²) < 4.78 is 62.0. The number of halogens is 4. The molecule has 0 aliphatic rings. The Hall–Kier alpha value is -3.95. The smallest absolute Gasteiger partial charge is 0.417 e. The third kappa shape index (κ3) is 4.69. The van der Waals surface area contributed by atoms with Crippen molar-refractivity contribution in [2.75, 3.05) is 7.11 Å². The molecule has 10 heteroatoms. The van der Waals surface area contributed by atoms with Gasteiger partial charge in [0.2, 0.25) is 5.95 Å². The molecule has 0 fully saturated rings. The summed E-state index contributed by atoms with van der Waals surface area (Å²) >= 11 is 0. The summed E-state index contributed by atoms with van der Waals surface area (Å²) in [7, 11) is 1.47. The minimum absolute atomic E-state index is 0.0298. The normalized spacial score (nSPS) is 11.4. The molecule has 3 aromatic heterocycles. The van der Waals surface area contributed by atoms with Gasteiger partial charge in [0.15, 0.2) is 11.5 Å². The standard InChI is InChI=1S/C22H16F4N4O2/c1-31-19-8-13(17-11-29-21(30-17)14-3-7-20(23)28-9-14)2-6-18(19)32-12-16-5-4-15(10-27-16)22(24,25)26/h2-11H,12H2,1H3,(H,29,30). The number of benzene rings is 1. The first-order valence-electron chi connectivity index (χ1n) is 9.34. The Labute approximate surface area is 179 Å². The fraction of sp³-hybridized carbons (Fsp3) is 0.136. The molecule has 0 spiro atoms. The highest BCUT2D eigenvalue weighted by atomic mass is 19.4. The van der Waals surface area contributed by atoms with Crippen molar-refractivity contribution in [2.24, 2.45) is 0 Å². The van der Waals surface area contributed by atoms with Crippen molar-refractivity contribution in [3.63, 3.8) is 0 Å². The molecule has 0 radical (unpaired) electrons. The lowest BCUT2D eigenvalue weighted by Crippen LogP contribution is -2.07. The molecule has 3 heterocycles. The quantitative estimate of drug-likeness (QED) is 0.324. The highest BCUT2D eigenvalue weighted by molar-refractivity contribution is 5.67. The van der Waals surface area contributed by atoms with Crippen LogP contribution in [0.15, 0.2) is 61.1 Å². The minimum atomic E-state index is -4.44. The van der Waals surface area contributed by atoms with Gasteiger partial charge < -0.3 is 14.5 Å². The van der Waals surface area contributed by atoms with E-state index in [1.807, 2.05) is 0 Å². The van der Waals surface area contributed by atoms with Gasteiger partial charge in [-0.3, -0.25) is 4.98 Å². The van der Waals surface area contributed by atoms with E-state index in [0.717, 1.165) is 17.8 Å². The number of pyridine rings is 2. The maximum atomic E-state index is 13.0. The molecule has 4 aromatic rings. The first-order valence-corrected chi connectivity index (χ1v) is 9.34. The molecule has 0 unspecified atom stereocenters. The van der Waals surface area contributed by atoms with Crippen LogP contribution in [0, 0.1) is 5.95 Å². The Morgan fingerprint density at radius 3 is 2.41 bits per heavy atom. The van der Waals surface area contributed by atoms with Gasteiger partial charge in [-0.2, -0.15) is 17.6 Å². The van der Waals surface area contributed by atoms with E-state index < -0.39 is 17.7 Å². The second-order valence-electron chi connectivity index (χ2n) is 6.69. The summed E-state index contributed by atoms with van der Waals surface area (Å²) in [5.41, 5.74) is 1.51. The van der Waals surface area contributed by atoms with Gasteiger partial charge >= 0.3 is 6.18 Å². The number of nitrogens with zero attached hydrogens (tertiary/aromatic N) is 3. The number of hydrogen-bond acceptors (Lipinski definition) is 5. The first-order chi connectivity index (χ1) is 15.3. The molecule has 164 valence electrons. The van der Waals surface area contributed by atoms with Crippen LogP contribution in [-0.2, 0) is 12.8 Å². The number of nitrogens with one attached hydrogen (secondary N) is 1. The molecule has 32 heavy (non-hydrogen) atoms. The zero-order valence-corrected chi connectivity index (χ0v) is 16.7. The predicted molar refractivity (Wildman–Crippen MR) is 107 cm³/mol. The van der Waals surface area contributed by atoms with E-state index in [9.17, 15) is 17.6 Å². The molecule has 1 aromatic carbocycles. The number of alkyl halides is 3. The lowest BCUT2D eigenvalue weighted by molar-refractivity contribution is -0.137. The third-order valence-electron chi connectivity index (χ3n) is 4.57. The van der Waals surface area contributed by atoms with E-state index >= 15 is 0 Å². The maximum absolute atomic E-state index is 13.0. The van der Waals surface area contributed by atoms with Crippen molar-refractivity contribution in [1.29, 1.82) is 0 Å². The molecule has 1 N–H and O–H groups in total. The van der Waals surface area contributed by atoms with Crippen LogP contribution >= 0.6 is 0 Å². The van der Waals surface area contributed by atoms with Crippen LogP contribution in [0.25, 0.3) is 22.6 Å². The van der Waals surface area contributed by atoms with E-state index in [-0.39, 0.29) is 6.61 Å². The number of rotatable bonds is 6. The van der Waals surface area contributed by atoms with Crippen molar-refractivity contribution >= 4 is 0 Å². The summed E-state index contributed by atoms with van der Waals surface area (Å²) in [6, 6.07) is 10.2. The minimum Gasteiger partial charge on any atom is -0.493 e. The number of aromatic amines is 1. The fourth-order valence-corrected chi connectivity index (χ4v) is 2.91. The molecule has 0 bridgehead atoms. The Kier molecular flexibility index (Phi) is 5.76. The SMILES string of the molecule is COc1cc(-c2c[nH]c(-c3ccc(F)nc3)n2)ccc1OCc1ccc(C(F)(F)F)cn1. The highest BCUT2D eigenvalue weighted by Gasteiger charge is 2.30. The second kappa shape index (κ2) is 8.66. The van der Waals surface area contributed by atoms with Crippen LogP contribution in [-0.4, -0.2) is 27.0 Å². The summed E-state index contributed by atoms with van der Waals surface area (Å²) in [6.45, 7) is -0.0298. The van der Waals surface area contributed by atoms with Crippen molar-refractivity contribution in [3.8, 4) is 34.1 Å². The van der Waals surface area contributed by atoms with Gasteiger partial charge in [0.05, 0.1) is 24.1 Å². The Morgan fingerprint density at radius 2 is 1.75 bits per heavy atom. The third-order valence-corrected chi connectivity index (χ3v) is 4.57. The molecular formula is C22H16F4N4O2. The summed E-state index contributed by atoms with van der Waals surface area (Å²) in [4.78, 5) is 14.9. The summed E-state index contributed by atoms with van der Waals surface area (Å²) in [5.74, 6) is 0.770. The Balaban J connectivity index is 1.49. The van der Waals surface area contributed by atoms with Crippen LogP contribution in [0.4, 0.5) is 17.6 Å². The number of imidazole rings is 1.